The Balaban J connectivity index is 1.30. The van der Waals surface area contributed by atoms with Gasteiger partial charge in [-0.2, -0.15) is 0 Å². The maximum atomic E-state index is 13.3. The van der Waals surface area contributed by atoms with Crippen LogP contribution in [0.3, 0.4) is 0 Å². The number of carboxylic acids is 1. The monoisotopic (exact) mass is 492 g/mol. The predicted molar refractivity (Wildman–Crippen MR) is 130 cm³/mol. The number of hydrogen-bond acceptors (Lipinski definition) is 6. The molecule has 3 aromatic rings. The number of aromatic amines is 1. The Morgan fingerprint density at radius 3 is 2.46 bits per heavy atom. The second-order valence-corrected chi connectivity index (χ2v) is 9.47. The number of aliphatic carboxylic acids is 1. The van der Waals surface area contributed by atoms with Crippen LogP contribution in [0.15, 0.2) is 61.1 Å². The number of benzene rings is 2. The lowest BCUT2D eigenvalue weighted by atomic mass is 9.98. The first-order valence-electron chi connectivity index (χ1n) is 11.2. The van der Waals surface area contributed by atoms with E-state index in [2.05, 4.69) is 27.4 Å². The molecule has 2 heterocycles. The molecule has 2 aromatic carbocycles. The minimum Gasteiger partial charge on any atom is -0.480 e. The number of rotatable bonds is 7. The van der Waals surface area contributed by atoms with Gasteiger partial charge in [-0.15, -0.1) is 11.8 Å². The molecule has 5 rings (SSSR count). The number of ether oxygens (including phenoxy) is 1. The molecule has 1 aromatic heterocycles. The SMILES string of the molecule is O=C(N[C@@H](Cc1cnc[nH]1)C(=O)N1CSC[C@H]1C(=O)O)OCC1c2ccccc2-c2ccccc21. The van der Waals surface area contributed by atoms with Gasteiger partial charge in [0.1, 0.15) is 18.7 Å². The number of carboxylic acid groups (broad SMARTS) is 1. The minimum atomic E-state index is -1.07. The summed E-state index contributed by atoms with van der Waals surface area (Å²) in [5.41, 5.74) is 5.06. The molecule has 0 unspecified atom stereocenters. The molecule has 1 saturated heterocycles. The van der Waals surface area contributed by atoms with Crippen LogP contribution in [0.4, 0.5) is 4.79 Å². The standard InChI is InChI=1S/C25H24N4O5S/c30-23(29-14-35-12-22(29)24(31)32)21(9-15-10-26-13-27-15)28-25(33)34-11-20-18-7-3-1-5-16(18)17-6-2-4-8-19(17)20/h1-8,10,13,20-22H,9,11-12,14H2,(H,26,27)(H,28,33)(H,31,32)/t21-,22-/m0/s1. The number of nitrogens with zero attached hydrogens (tertiary/aromatic N) is 2. The smallest absolute Gasteiger partial charge is 0.407 e. The summed E-state index contributed by atoms with van der Waals surface area (Å²) >= 11 is 1.37. The zero-order chi connectivity index (χ0) is 24.4. The summed E-state index contributed by atoms with van der Waals surface area (Å²) in [4.78, 5) is 45.9. The summed E-state index contributed by atoms with van der Waals surface area (Å²) in [5.74, 6) is -1.08. The van der Waals surface area contributed by atoms with E-state index in [1.54, 1.807) is 6.20 Å². The fourth-order valence-electron chi connectivity index (χ4n) is 4.66. The van der Waals surface area contributed by atoms with Gasteiger partial charge in [0, 0.05) is 30.0 Å². The summed E-state index contributed by atoms with van der Waals surface area (Å²) in [6, 6.07) is 14.1. The van der Waals surface area contributed by atoms with Crippen molar-refractivity contribution < 1.29 is 24.2 Å². The third-order valence-corrected chi connectivity index (χ3v) is 7.38. The van der Waals surface area contributed by atoms with E-state index < -0.39 is 30.1 Å². The lowest BCUT2D eigenvalue weighted by Crippen LogP contribution is -2.53. The van der Waals surface area contributed by atoms with Crippen molar-refractivity contribution >= 4 is 29.7 Å². The highest BCUT2D eigenvalue weighted by Crippen LogP contribution is 2.44. The van der Waals surface area contributed by atoms with Gasteiger partial charge in [-0.1, -0.05) is 48.5 Å². The number of carbonyl (C=O) groups is 3. The highest BCUT2D eigenvalue weighted by atomic mass is 32.2. The van der Waals surface area contributed by atoms with Gasteiger partial charge in [0.15, 0.2) is 0 Å². The quantitative estimate of drug-likeness (QED) is 0.463. The van der Waals surface area contributed by atoms with Crippen LogP contribution >= 0.6 is 11.8 Å². The number of H-pyrrole nitrogens is 1. The molecule has 2 atom stereocenters. The Morgan fingerprint density at radius 2 is 1.83 bits per heavy atom. The molecule has 1 aliphatic carbocycles. The lowest BCUT2D eigenvalue weighted by Gasteiger charge is -2.26. The van der Waals surface area contributed by atoms with Crippen molar-refractivity contribution in [3.63, 3.8) is 0 Å². The van der Waals surface area contributed by atoms with Gasteiger partial charge in [-0.3, -0.25) is 4.79 Å². The number of imidazole rings is 1. The Hall–Kier alpha value is -3.79. The molecular weight excluding hydrogens is 468 g/mol. The van der Waals surface area contributed by atoms with Crippen LogP contribution in [-0.4, -0.2) is 68.3 Å². The summed E-state index contributed by atoms with van der Waals surface area (Å²) in [7, 11) is 0. The molecule has 180 valence electrons. The van der Waals surface area contributed by atoms with E-state index in [1.165, 1.54) is 23.0 Å². The molecule has 2 amide bonds. The number of aromatic nitrogens is 2. The molecule has 0 bridgehead atoms. The third kappa shape index (κ3) is 4.61. The molecule has 3 N–H and O–H groups in total. The third-order valence-electron chi connectivity index (χ3n) is 6.36. The van der Waals surface area contributed by atoms with Crippen molar-refractivity contribution in [3.8, 4) is 11.1 Å². The fraction of sp³-hybridized carbons (Fsp3) is 0.280. The Labute approximate surface area is 205 Å². The number of hydrogen-bond donors (Lipinski definition) is 3. The maximum absolute atomic E-state index is 13.3. The number of alkyl carbamates (subject to hydrolysis) is 1. The number of nitrogens with one attached hydrogen (secondary N) is 2. The van der Waals surface area contributed by atoms with E-state index in [1.807, 2.05) is 36.4 Å². The molecule has 0 saturated carbocycles. The van der Waals surface area contributed by atoms with Crippen LogP contribution in [0, 0.1) is 0 Å². The first-order chi connectivity index (χ1) is 17.0. The minimum absolute atomic E-state index is 0.110. The topological polar surface area (TPSA) is 125 Å². The van der Waals surface area contributed by atoms with E-state index >= 15 is 0 Å². The molecule has 2 aliphatic rings. The molecule has 35 heavy (non-hydrogen) atoms. The van der Waals surface area contributed by atoms with Crippen molar-refractivity contribution in [2.24, 2.45) is 0 Å². The Morgan fingerprint density at radius 1 is 1.14 bits per heavy atom. The van der Waals surface area contributed by atoms with Crippen LogP contribution in [0.2, 0.25) is 0 Å². The Bertz CT molecular complexity index is 1200. The van der Waals surface area contributed by atoms with Crippen molar-refractivity contribution in [1.29, 1.82) is 0 Å². The normalized spacial score (nSPS) is 17.5. The van der Waals surface area contributed by atoms with Gasteiger partial charge in [0.05, 0.1) is 12.2 Å². The molecule has 9 nitrogen and oxygen atoms in total. The van der Waals surface area contributed by atoms with Gasteiger partial charge in [-0.05, 0) is 22.3 Å². The zero-order valence-electron chi connectivity index (χ0n) is 18.7. The highest BCUT2D eigenvalue weighted by molar-refractivity contribution is 7.99. The fourth-order valence-corrected chi connectivity index (χ4v) is 5.82. The van der Waals surface area contributed by atoms with E-state index in [4.69, 9.17) is 4.74 Å². The molecule has 0 radical (unpaired) electrons. The van der Waals surface area contributed by atoms with Crippen LogP contribution in [0.1, 0.15) is 22.7 Å². The van der Waals surface area contributed by atoms with Gasteiger partial charge < -0.3 is 25.0 Å². The van der Waals surface area contributed by atoms with Crippen LogP contribution < -0.4 is 5.32 Å². The average molecular weight is 493 g/mol. The second kappa shape index (κ2) is 9.83. The Kier molecular flexibility index (Phi) is 6.45. The maximum Gasteiger partial charge on any atom is 0.407 e. The van der Waals surface area contributed by atoms with Gasteiger partial charge in [0.2, 0.25) is 5.91 Å². The predicted octanol–water partition coefficient (Wildman–Crippen LogP) is 2.85. The number of amides is 2. The number of thioether (sulfide) groups is 1. The summed E-state index contributed by atoms with van der Waals surface area (Å²) < 4.78 is 5.61. The zero-order valence-corrected chi connectivity index (χ0v) is 19.5. The van der Waals surface area contributed by atoms with Crippen LogP contribution in [-0.2, 0) is 20.7 Å². The molecule has 1 aliphatic heterocycles. The largest absolute Gasteiger partial charge is 0.480 e. The van der Waals surface area contributed by atoms with E-state index in [0.29, 0.717) is 11.4 Å². The molecule has 10 heteroatoms. The lowest BCUT2D eigenvalue weighted by molar-refractivity contribution is -0.148. The molecule has 1 fully saturated rings. The van der Waals surface area contributed by atoms with Gasteiger partial charge in [0.25, 0.3) is 0 Å². The van der Waals surface area contributed by atoms with Crippen LogP contribution in [0.25, 0.3) is 11.1 Å². The van der Waals surface area contributed by atoms with E-state index in [0.717, 1.165) is 22.3 Å². The van der Waals surface area contributed by atoms with E-state index in [9.17, 15) is 19.5 Å². The highest BCUT2D eigenvalue weighted by Gasteiger charge is 2.38. The number of carbonyl (C=O) groups excluding carboxylic acids is 2. The van der Waals surface area contributed by atoms with Crippen molar-refractivity contribution in [2.45, 2.75) is 24.4 Å². The summed E-state index contributed by atoms with van der Waals surface area (Å²) in [6.45, 7) is 0.113. The van der Waals surface area contributed by atoms with Gasteiger partial charge >= 0.3 is 12.1 Å². The first kappa shape index (κ1) is 23.0. The van der Waals surface area contributed by atoms with E-state index in [-0.39, 0.29) is 24.8 Å². The first-order valence-corrected chi connectivity index (χ1v) is 12.4. The van der Waals surface area contributed by atoms with Crippen molar-refractivity contribution in [3.05, 3.63) is 77.9 Å². The van der Waals surface area contributed by atoms with Crippen molar-refractivity contribution in [2.75, 3.05) is 18.2 Å². The van der Waals surface area contributed by atoms with Gasteiger partial charge in [-0.25, -0.2) is 14.6 Å². The molecule has 0 spiro atoms. The molecular formula is C25H24N4O5S. The van der Waals surface area contributed by atoms with Crippen molar-refractivity contribution in [1.82, 2.24) is 20.2 Å². The number of fused-ring (bicyclic) bond motifs is 3. The average Bonchev–Trinajstić information content (AvgIpc) is 3.61. The van der Waals surface area contributed by atoms with Crippen LogP contribution in [0.5, 0.6) is 0 Å². The summed E-state index contributed by atoms with van der Waals surface area (Å²) in [5, 5.41) is 12.1. The summed E-state index contributed by atoms with van der Waals surface area (Å²) in [6.07, 6.45) is 2.45. The second-order valence-electron chi connectivity index (χ2n) is 8.47.